The van der Waals surface area contributed by atoms with E-state index in [2.05, 4.69) is 4.72 Å². The highest BCUT2D eigenvalue weighted by atomic mass is 32.2. The van der Waals surface area contributed by atoms with Gasteiger partial charge in [0.1, 0.15) is 5.75 Å². The molecule has 0 aliphatic heterocycles. The molecule has 0 aliphatic carbocycles. The van der Waals surface area contributed by atoms with Crippen molar-refractivity contribution in [3.05, 3.63) is 24.3 Å². The lowest BCUT2D eigenvalue weighted by Crippen LogP contribution is -2.34. The van der Waals surface area contributed by atoms with Crippen LogP contribution in [0, 0.1) is 0 Å². The predicted octanol–water partition coefficient (Wildman–Crippen LogP) is 0.463. The van der Waals surface area contributed by atoms with Crippen molar-refractivity contribution in [1.29, 1.82) is 0 Å². The lowest BCUT2D eigenvalue weighted by Gasteiger charge is -2.14. The summed E-state index contributed by atoms with van der Waals surface area (Å²) in [5.74, 6) is -0.509. The second-order valence-electron chi connectivity index (χ2n) is 3.98. The van der Waals surface area contributed by atoms with E-state index in [4.69, 9.17) is 14.6 Å². The van der Waals surface area contributed by atoms with Gasteiger partial charge in [-0.2, -0.15) is 0 Å². The average molecular weight is 303 g/mol. The van der Waals surface area contributed by atoms with Crippen molar-refractivity contribution < 1.29 is 27.8 Å². The van der Waals surface area contributed by atoms with Gasteiger partial charge in [0.05, 0.1) is 24.5 Å². The van der Waals surface area contributed by atoms with Crippen LogP contribution in [0.15, 0.2) is 29.2 Å². The van der Waals surface area contributed by atoms with Gasteiger partial charge in [-0.3, -0.25) is 4.79 Å². The number of nitrogens with one attached hydrogen (secondary N) is 1. The molecule has 8 heteroatoms. The minimum absolute atomic E-state index is 0.0727. The molecule has 0 aromatic heterocycles. The first-order chi connectivity index (χ1) is 9.39. The molecule has 0 radical (unpaired) electrons. The second-order valence-corrected chi connectivity index (χ2v) is 5.75. The van der Waals surface area contributed by atoms with Crippen LogP contribution in [0.25, 0.3) is 0 Å². The summed E-state index contributed by atoms with van der Waals surface area (Å²) in [5.41, 5.74) is 0. The number of sulfonamides is 1. The molecule has 112 valence electrons. The van der Waals surface area contributed by atoms with Gasteiger partial charge < -0.3 is 14.6 Å². The van der Waals surface area contributed by atoms with Gasteiger partial charge in [-0.15, -0.1) is 0 Å². The highest BCUT2D eigenvalue weighted by Crippen LogP contribution is 2.15. The molecule has 0 spiro atoms. The Morgan fingerprint density at radius 1 is 1.30 bits per heavy atom. The molecule has 0 saturated carbocycles. The topological polar surface area (TPSA) is 102 Å². The fourth-order valence-electron chi connectivity index (χ4n) is 1.47. The van der Waals surface area contributed by atoms with Crippen LogP contribution in [0.5, 0.6) is 5.75 Å². The molecule has 0 bridgehead atoms. The molecular formula is C12H17NO6S. The Hall–Kier alpha value is -1.64. The van der Waals surface area contributed by atoms with E-state index in [0.29, 0.717) is 5.75 Å². The number of ether oxygens (including phenoxy) is 2. The minimum atomic E-state index is -3.70. The molecule has 20 heavy (non-hydrogen) atoms. The number of carboxylic acids is 1. The number of carboxylic acid groups (broad SMARTS) is 1. The van der Waals surface area contributed by atoms with E-state index < -0.39 is 22.1 Å². The maximum Gasteiger partial charge on any atom is 0.306 e. The van der Waals surface area contributed by atoms with Crippen molar-refractivity contribution in [3.8, 4) is 5.75 Å². The highest BCUT2D eigenvalue weighted by molar-refractivity contribution is 7.89. The van der Waals surface area contributed by atoms with Crippen LogP contribution in [0.1, 0.15) is 6.42 Å². The first kappa shape index (κ1) is 16.4. The van der Waals surface area contributed by atoms with Gasteiger partial charge in [0.25, 0.3) is 0 Å². The van der Waals surface area contributed by atoms with Crippen LogP contribution >= 0.6 is 0 Å². The van der Waals surface area contributed by atoms with E-state index in [1.165, 1.54) is 38.5 Å². The predicted molar refractivity (Wildman–Crippen MR) is 71.2 cm³/mol. The number of hydrogen-bond donors (Lipinski definition) is 2. The summed E-state index contributed by atoms with van der Waals surface area (Å²) >= 11 is 0. The monoisotopic (exact) mass is 303 g/mol. The number of benzene rings is 1. The van der Waals surface area contributed by atoms with Crippen molar-refractivity contribution in [3.63, 3.8) is 0 Å². The first-order valence-corrected chi connectivity index (χ1v) is 7.25. The molecule has 7 nitrogen and oxygen atoms in total. The van der Waals surface area contributed by atoms with Crippen LogP contribution in [-0.4, -0.2) is 46.4 Å². The number of methoxy groups -OCH3 is 2. The summed E-state index contributed by atoms with van der Waals surface area (Å²) in [5, 5.41) is 8.65. The van der Waals surface area contributed by atoms with E-state index in [0.717, 1.165) is 0 Å². The van der Waals surface area contributed by atoms with Gasteiger partial charge in [-0.25, -0.2) is 13.1 Å². The van der Waals surface area contributed by atoms with Crippen LogP contribution < -0.4 is 9.46 Å². The molecule has 1 unspecified atom stereocenters. The lowest BCUT2D eigenvalue weighted by atomic mass is 10.2. The molecule has 2 N–H and O–H groups in total. The average Bonchev–Trinajstić information content (AvgIpc) is 2.43. The third-order valence-electron chi connectivity index (χ3n) is 2.61. The highest BCUT2D eigenvalue weighted by Gasteiger charge is 2.18. The van der Waals surface area contributed by atoms with Gasteiger partial charge >= 0.3 is 5.97 Å². The fraction of sp³-hybridized carbons (Fsp3) is 0.417. The zero-order valence-corrected chi connectivity index (χ0v) is 12.0. The zero-order valence-electron chi connectivity index (χ0n) is 11.2. The van der Waals surface area contributed by atoms with Crippen molar-refractivity contribution in [1.82, 2.24) is 4.72 Å². The van der Waals surface area contributed by atoms with Gasteiger partial charge in [-0.05, 0) is 24.3 Å². The van der Waals surface area contributed by atoms with Crippen LogP contribution in [0.4, 0.5) is 0 Å². The van der Waals surface area contributed by atoms with Crippen LogP contribution in [0.3, 0.4) is 0 Å². The Balaban J connectivity index is 2.71. The Morgan fingerprint density at radius 3 is 2.35 bits per heavy atom. The summed E-state index contributed by atoms with van der Waals surface area (Å²) in [6, 6.07) is 5.86. The van der Waals surface area contributed by atoms with Crippen molar-refractivity contribution in [2.24, 2.45) is 0 Å². The molecule has 0 amide bonds. The molecule has 0 aliphatic rings. The molecule has 1 aromatic rings. The van der Waals surface area contributed by atoms with E-state index >= 15 is 0 Å². The van der Waals surface area contributed by atoms with E-state index in [-0.39, 0.29) is 17.9 Å². The Morgan fingerprint density at radius 2 is 1.90 bits per heavy atom. The lowest BCUT2D eigenvalue weighted by molar-refractivity contribution is -0.139. The zero-order chi connectivity index (χ0) is 15.2. The number of rotatable bonds is 8. The van der Waals surface area contributed by atoms with E-state index in [1.807, 2.05) is 0 Å². The van der Waals surface area contributed by atoms with Crippen molar-refractivity contribution in [2.45, 2.75) is 17.4 Å². The quantitative estimate of drug-likeness (QED) is 0.723. The van der Waals surface area contributed by atoms with Gasteiger partial charge in [0.2, 0.25) is 10.0 Å². The molecule has 0 fully saturated rings. The maximum absolute atomic E-state index is 12.0. The number of aliphatic carboxylic acids is 1. The molecule has 0 heterocycles. The van der Waals surface area contributed by atoms with Gasteiger partial charge in [0, 0.05) is 13.7 Å². The Labute approximate surface area is 117 Å². The van der Waals surface area contributed by atoms with Gasteiger partial charge in [-0.1, -0.05) is 0 Å². The Bertz CT molecular complexity index is 540. The van der Waals surface area contributed by atoms with Crippen LogP contribution in [0.2, 0.25) is 0 Å². The molecule has 1 aromatic carbocycles. The van der Waals surface area contributed by atoms with Gasteiger partial charge in [0.15, 0.2) is 0 Å². The minimum Gasteiger partial charge on any atom is -0.497 e. The summed E-state index contributed by atoms with van der Waals surface area (Å²) in [7, 11) is -0.893. The normalized spacial score (nSPS) is 12.9. The summed E-state index contributed by atoms with van der Waals surface area (Å²) in [6.45, 7) is -0.114. The molecule has 1 atom stereocenters. The summed E-state index contributed by atoms with van der Waals surface area (Å²) < 4.78 is 36.1. The van der Waals surface area contributed by atoms with Crippen molar-refractivity contribution >= 4 is 16.0 Å². The smallest absolute Gasteiger partial charge is 0.306 e. The Kier molecular flexibility index (Phi) is 5.93. The second kappa shape index (κ2) is 7.22. The molecule has 0 saturated heterocycles. The fourth-order valence-corrected chi connectivity index (χ4v) is 2.54. The van der Waals surface area contributed by atoms with E-state index in [9.17, 15) is 13.2 Å². The molecular weight excluding hydrogens is 286 g/mol. The number of carbonyl (C=O) groups is 1. The first-order valence-electron chi connectivity index (χ1n) is 5.77. The largest absolute Gasteiger partial charge is 0.497 e. The summed E-state index contributed by atoms with van der Waals surface area (Å²) in [6.07, 6.45) is -0.998. The van der Waals surface area contributed by atoms with Crippen molar-refractivity contribution in [2.75, 3.05) is 20.8 Å². The SMILES string of the molecule is COc1ccc(S(=O)(=O)NCC(CC(=O)O)OC)cc1. The maximum atomic E-state index is 12.0. The summed E-state index contributed by atoms with van der Waals surface area (Å²) in [4.78, 5) is 10.6. The standard InChI is InChI=1S/C12H17NO6S/c1-18-9-3-5-11(6-4-9)20(16,17)13-8-10(19-2)7-12(14)15/h3-6,10,13H,7-8H2,1-2H3,(H,14,15). The number of hydrogen-bond acceptors (Lipinski definition) is 5. The van der Waals surface area contributed by atoms with Crippen LogP contribution in [-0.2, 0) is 19.6 Å². The van der Waals surface area contributed by atoms with E-state index in [1.54, 1.807) is 0 Å². The third-order valence-corrected chi connectivity index (χ3v) is 4.05. The third kappa shape index (κ3) is 4.80. The molecule has 1 rings (SSSR count).